The van der Waals surface area contributed by atoms with E-state index in [9.17, 15) is 0 Å². The fourth-order valence-electron chi connectivity index (χ4n) is 2.52. The molecule has 1 aromatic carbocycles. The standard InChI is InChI=1S/C15H18N4S/c1-4-14-18-12-7-11(16)5-6-13(12)19(14)10(3)15-17-8-9(2)20-15/h5-8,10H,4,16H2,1-3H3. The molecule has 0 bridgehead atoms. The molecule has 4 nitrogen and oxygen atoms in total. The van der Waals surface area contributed by atoms with Crippen molar-refractivity contribution < 1.29 is 0 Å². The highest BCUT2D eigenvalue weighted by atomic mass is 32.1. The highest BCUT2D eigenvalue weighted by Crippen LogP contribution is 2.29. The van der Waals surface area contributed by atoms with Gasteiger partial charge < -0.3 is 10.3 Å². The number of aryl methyl sites for hydroxylation is 2. The molecule has 20 heavy (non-hydrogen) atoms. The van der Waals surface area contributed by atoms with Gasteiger partial charge in [0.2, 0.25) is 0 Å². The van der Waals surface area contributed by atoms with E-state index in [1.807, 2.05) is 24.4 Å². The van der Waals surface area contributed by atoms with Crippen molar-refractivity contribution in [2.75, 3.05) is 5.73 Å². The first-order chi connectivity index (χ1) is 9.60. The molecule has 0 amide bonds. The summed E-state index contributed by atoms with van der Waals surface area (Å²) < 4.78 is 2.27. The van der Waals surface area contributed by atoms with E-state index in [1.54, 1.807) is 11.3 Å². The van der Waals surface area contributed by atoms with Gasteiger partial charge in [-0.1, -0.05) is 6.92 Å². The lowest BCUT2D eigenvalue weighted by molar-refractivity contribution is 0.619. The third-order valence-electron chi connectivity index (χ3n) is 3.49. The fourth-order valence-corrected chi connectivity index (χ4v) is 3.34. The summed E-state index contributed by atoms with van der Waals surface area (Å²) in [5.74, 6) is 1.07. The van der Waals surface area contributed by atoms with Crippen LogP contribution in [0.25, 0.3) is 11.0 Å². The van der Waals surface area contributed by atoms with Crippen LogP contribution in [0.2, 0.25) is 0 Å². The zero-order valence-electron chi connectivity index (χ0n) is 11.9. The van der Waals surface area contributed by atoms with Crippen molar-refractivity contribution in [1.82, 2.24) is 14.5 Å². The number of thiazole rings is 1. The Morgan fingerprint density at radius 1 is 1.40 bits per heavy atom. The normalized spacial score (nSPS) is 12.9. The van der Waals surface area contributed by atoms with E-state index in [2.05, 4.69) is 30.3 Å². The van der Waals surface area contributed by atoms with Gasteiger partial charge in [-0.2, -0.15) is 0 Å². The summed E-state index contributed by atoms with van der Waals surface area (Å²) in [4.78, 5) is 10.5. The smallest absolute Gasteiger partial charge is 0.115 e. The summed E-state index contributed by atoms with van der Waals surface area (Å²) >= 11 is 1.74. The Hall–Kier alpha value is -1.88. The van der Waals surface area contributed by atoms with Gasteiger partial charge in [0.05, 0.1) is 17.1 Å². The molecule has 0 saturated heterocycles. The van der Waals surface area contributed by atoms with E-state index >= 15 is 0 Å². The van der Waals surface area contributed by atoms with E-state index in [0.717, 1.165) is 34.0 Å². The molecule has 2 N–H and O–H groups in total. The second-order valence-electron chi connectivity index (χ2n) is 4.98. The number of aromatic nitrogens is 3. The van der Waals surface area contributed by atoms with Crippen molar-refractivity contribution in [3.8, 4) is 0 Å². The lowest BCUT2D eigenvalue weighted by atomic mass is 10.2. The molecule has 0 aliphatic rings. The molecule has 0 aliphatic carbocycles. The zero-order chi connectivity index (χ0) is 14.3. The molecule has 5 heteroatoms. The summed E-state index contributed by atoms with van der Waals surface area (Å²) in [6, 6.07) is 6.11. The SMILES string of the molecule is CCc1nc2cc(N)ccc2n1C(C)c1ncc(C)s1. The molecular formula is C15H18N4S. The summed E-state index contributed by atoms with van der Waals surface area (Å²) in [6.45, 7) is 6.39. The van der Waals surface area contributed by atoms with Crippen LogP contribution in [-0.2, 0) is 6.42 Å². The van der Waals surface area contributed by atoms with Gasteiger partial charge in [0, 0.05) is 23.2 Å². The first kappa shape index (κ1) is 13.1. The van der Waals surface area contributed by atoms with Crippen molar-refractivity contribution in [2.45, 2.75) is 33.2 Å². The Morgan fingerprint density at radius 3 is 2.85 bits per heavy atom. The number of hydrogen-bond acceptors (Lipinski definition) is 4. The molecule has 0 spiro atoms. The number of imidazole rings is 1. The van der Waals surface area contributed by atoms with Gasteiger partial charge >= 0.3 is 0 Å². The average Bonchev–Trinajstić information content (AvgIpc) is 3.00. The highest BCUT2D eigenvalue weighted by Gasteiger charge is 2.18. The van der Waals surface area contributed by atoms with Crippen LogP contribution in [0, 0.1) is 6.92 Å². The molecule has 0 fully saturated rings. The van der Waals surface area contributed by atoms with Crippen molar-refractivity contribution in [3.63, 3.8) is 0 Å². The first-order valence-electron chi connectivity index (χ1n) is 6.78. The van der Waals surface area contributed by atoms with Crippen LogP contribution in [0.1, 0.15) is 35.6 Å². The van der Waals surface area contributed by atoms with Crippen LogP contribution in [0.5, 0.6) is 0 Å². The van der Waals surface area contributed by atoms with Crippen LogP contribution in [0.4, 0.5) is 5.69 Å². The van der Waals surface area contributed by atoms with Crippen LogP contribution in [0.3, 0.4) is 0 Å². The number of hydrogen-bond donors (Lipinski definition) is 1. The van der Waals surface area contributed by atoms with Crippen LogP contribution in [0.15, 0.2) is 24.4 Å². The van der Waals surface area contributed by atoms with Gasteiger partial charge in [-0.3, -0.25) is 0 Å². The monoisotopic (exact) mass is 286 g/mol. The lowest BCUT2D eigenvalue weighted by Gasteiger charge is -2.15. The molecule has 104 valence electrons. The number of rotatable bonds is 3. The maximum Gasteiger partial charge on any atom is 0.115 e. The molecule has 1 atom stereocenters. The topological polar surface area (TPSA) is 56.7 Å². The second-order valence-corrected chi connectivity index (χ2v) is 6.25. The van der Waals surface area contributed by atoms with Gasteiger partial charge in [-0.05, 0) is 32.0 Å². The van der Waals surface area contributed by atoms with Crippen molar-refractivity contribution in [2.24, 2.45) is 0 Å². The molecule has 2 heterocycles. The summed E-state index contributed by atoms with van der Waals surface area (Å²) in [5.41, 5.74) is 8.69. The first-order valence-corrected chi connectivity index (χ1v) is 7.60. The van der Waals surface area contributed by atoms with E-state index in [-0.39, 0.29) is 6.04 Å². The number of nitrogens with two attached hydrogens (primary N) is 1. The van der Waals surface area contributed by atoms with Gasteiger partial charge in [-0.25, -0.2) is 9.97 Å². The third kappa shape index (κ3) is 2.08. The second kappa shape index (κ2) is 4.90. The van der Waals surface area contributed by atoms with Crippen molar-refractivity contribution in [1.29, 1.82) is 0 Å². The van der Waals surface area contributed by atoms with Crippen LogP contribution >= 0.6 is 11.3 Å². The molecule has 2 aromatic heterocycles. The fraction of sp³-hybridized carbons (Fsp3) is 0.333. The van der Waals surface area contributed by atoms with Crippen molar-refractivity contribution in [3.05, 3.63) is 40.1 Å². The lowest BCUT2D eigenvalue weighted by Crippen LogP contribution is -2.10. The minimum absolute atomic E-state index is 0.192. The average molecular weight is 286 g/mol. The number of benzene rings is 1. The van der Waals surface area contributed by atoms with E-state index in [4.69, 9.17) is 10.7 Å². The Balaban J connectivity index is 2.18. The maximum atomic E-state index is 5.86. The van der Waals surface area contributed by atoms with E-state index in [1.165, 1.54) is 4.88 Å². The molecule has 0 aliphatic heterocycles. The molecule has 3 aromatic rings. The third-order valence-corrected chi connectivity index (χ3v) is 4.57. The van der Waals surface area contributed by atoms with Gasteiger partial charge in [-0.15, -0.1) is 11.3 Å². The quantitative estimate of drug-likeness (QED) is 0.749. The molecule has 0 saturated carbocycles. The predicted molar refractivity (Wildman–Crippen MR) is 84.2 cm³/mol. The Morgan fingerprint density at radius 2 is 2.20 bits per heavy atom. The summed E-state index contributed by atoms with van der Waals surface area (Å²) in [5, 5.41) is 1.12. The molecule has 1 unspecified atom stereocenters. The predicted octanol–water partition coefficient (Wildman–Crippen LogP) is 3.56. The molecule has 3 rings (SSSR count). The van der Waals surface area contributed by atoms with E-state index < -0.39 is 0 Å². The van der Waals surface area contributed by atoms with Gasteiger partial charge in [0.15, 0.2) is 0 Å². The molecule has 0 radical (unpaired) electrons. The number of anilines is 1. The Labute approximate surface area is 122 Å². The number of nitrogens with zero attached hydrogens (tertiary/aromatic N) is 3. The molecular weight excluding hydrogens is 268 g/mol. The minimum atomic E-state index is 0.192. The van der Waals surface area contributed by atoms with Gasteiger partial charge in [0.25, 0.3) is 0 Å². The highest BCUT2D eigenvalue weighted by molar-refractivity contribution is 7.11. The Kier molecular flexibility index (Phi) is 3.22. The summed E-state index contributed by atoms with van der Waals surface area (Å²) in [6.07, 6.45) is 2.82. The largest absolute Gasteiger partial charge is 0.399 e. The zero-order valence-corrected chi connectivity index (χ0v) is 12.7. The maximum absolute atomic E-state index is 5.86. The van der Waals surface area contributed by atoms with Gasteiger partial charge in [0.1, 0.15) is 10.8 Å². The van der Waals surface area contributed by atoms with Crippen molar-refractivity contribution >= 4 is 28.1 Å². The van der Waals surface area contributed by atoms with Crippen LogP contribution in [-0.4, -0.2) is 14.5 Å². The summed E-state index contributed by atoms with van der Waals surface area (Å²) in [7, 11) is 0. The number of fused-ring (bicyclic) bond motifs is 1. The van der Waals surface area contributed by atoms with E-state index in [0.29, 0.717) is 0 Å². The Bertz CT molecular complexity index is 756. The number of nitrogen functional groups attached to an aromatic ring is 1. The van der Waals surface area contributed by atoms with Crippen LogP contribution < -0.4 is 5.73 Å². The minimum Gasteiger partial charge on any atom is -0.399 e.